The molecule has 0 amide bonds. The number of methoxy groups -OCH3 is 1. The first kappa shape index (κ1) is 12.7. The molecule has 0 radical (unpaired) electrons. The number of nitrogens with one attached hydrogen (secondary N) is 2. The number of aromatic nitrogens is 3. The molecule has 0 saturated heterocycles. The van der Waals surface area contributed by atoms with Crippen LogP contribution >= 0.6 is 0 Å². The number of benzene rings is 1. The maximum atomic E-state index is 11.0. The Bertz CT molecular complexity index is 651. The molecule has 1 heterocycles. The van der Waals surface area contributed by atoms with Gasteiger partial charge in [-0.3, -0.25) is 5.43 Å². The van der Waals surface area contributed by atoms with Crippen molar-refractivity contribution in [2.45, 2.75) is 6.92 Å². The molecule has 7 nitrogen and oxygen atoms in total. The van der Waals surface area contributed by atoms with Gasteiger partial charge in [-0.05, 0) is 19.1 Å². The Morgan fingerprint density at radius 1 is 1.42 bits per heavy atom. The summed E-state index contributed by atoms with van der Waals surface area (Å²) in [6, 6.07) is 7.44. The van der Waals surface area contributed by atoms with Gasteiger partial charge in [0.25, 0.3) is 0 Å². The van der Waals surface area contributed by atoms with E-state index >= 15 is 0 Å². The third-order valence-electron chi connectivity index (χ3n) is 2.39. The van der Waals surface area contributed by atoms with Gasteiger partial charge in [-0.25, -0.2) is 9.89 Å². The quantitative estimate of drug-likeness (QED) is 0.629. The normalized spacial score (nSPS) is 10.6. The van der Waals surface area contributed by atoms with Crippen molar-refractivity contribution in [1.29, 1.82) is 0 Å². The van der Waals surface area contributed by atoms with E-state index in [4.69, 9.17) is 4.74 Å². The molecule has 0 aliphatic carbocycles. The zero-order valence-electron chi connectivity index (χ0n) is 10.5. The van der Waals surface area contributed by atoms with Crippen molar-refractivity contribution in [3.63, 3.8) is 0 Å². The number of hydrazone groups is 1. The molecule has 2 N–H and O–H groups in total. The summed E-state index contributed by atoms with van der Waals surface area (Å²) in [5.74, 6) is 1.02. The van der Waals surface area contributed by atoms with Crippen LogP contribution in [0.1, 0.15) is 11.3 Å². The van der Waals surface area contributed by atoms with Crippen LogP contribution < -0.4 is 15.9 Å². The number of aromatic amines is 1. The third-order valence-corrected chi connectivity index (χ3v) is 2.39. The van der Waals surface area contributed by atoms with Crippen LogP contribution in [0.2, 0.25) is 0 Å². The molecule has 0 saturated carbocycles. The summed E-state index contributed by atoms with van der Waals surface area (Å²) in [6.07, 6.45) is 1.58. The van der Waals surface area contributed by atoms with Crippen molar-refractivity contribution >= 4 is 12.0 Å². The van der Waals surface area contributed by atoms with Gasteiger partial charge in [0.05, 0.1) is 13.3 Å². The number of rotatable bonds is 4. The van der Waals surface area contributed by atoms with Gasteiger partial charge in [0.2, 0.25) is 0 Å². The highest BCUT2D eigenvalue weighted by Gasteiger charge is 2.01. The van der Waals surface area contributed by atoms with Crippen molar-refractivity contribution in [1.82, 2.24) is 15.2 Å². The molecule has 1 aromatic heterocycles. The van der Waals surface area contributed by atoms with Crippen molar-refractivity contribution in [2.24, 2.45) is 5.10 Å². The molecule has 2 aromatic rings. The SMILES string of the molecule is COc1ccccc1C=NNc1nc(=O)[nH]nc1C. The summed E-state index contributed by atoms with van der Waals surface area (Å²) >= 11 is 0. The minimum atomic E-state index is -0.527. The Morgan fingerprint density at radius 2 is 2.21 bits per heavy atom. The fourth-order valence-electron chi connectivity index (χ4n) is 1.43. The van der Waals surface area contributed by atoms with E-state index < -0.39 is 5.69 Å². The Morgan fingerprint density at radius 3 is 3.00 bits per heavy atom. The largest absolute Gasteiger partial charge is 0.496 e. The number of ether oxygens (including phenoxy) is 1. The monoisotopic (exact) mass is 259 g/mol. The molecule has 1 aromatic carbocycles. The molecule has 0 spiro atoms. The zero-order valence-corrected chi connectivity index (χ0v) is 10.5. The van der Waals surface area contributed by atoms with Crippen LogP contribution in [-0.4, -0.2) is 28.5 Å². The van der Waals surface area contributed by atoms with Crippen LogP contribution in [0.4, 0.5) is 5.82 Å². The average Bonchev–Trinajstić information content (AvgIpc) is 2.43. The highest BCUT2D eigenvalue weighted by atomic mass is 16.5. The molecule has 19 heavy (non-hydrogen) atoms. The Labute approximate surface area is 109 Å². The van der Waals surface area contributed by atoms with Crippen LogP contribution in [-0.2, 0) is 0 Å². The predicted octanol–water partition coefficient (Wildman–Crippen LogP) is 0.928. The van der Waals surface area contributed by atoms with E-state index in [1.54, 1.807) is 20.2 Å². The number of nitrogens with zero attached hydrogens (tertiary/aromatic N) is 3. The average molecular weight is 259 g/mol. The fraction of sp³-hybridized carbons (Fsp3) is 0.167. The summed E-state index contributed by atoms with van der Waals surface area (Å²) in [5, 5.41) is 10.0. The second kappa shape index (κ2) is 5.76. The minimum Gasteiger partial charge on any atom is -0.496 e. The van der Waals surface area contributed by atoms with E-state index in [0.29, 0.717) is 17.3 Å². The molecule has 0 aliphatic heterocycles. The Kier molecular flexibility index (Phi) is 3.87. The van der Waals surface area contributed by atoms with Crippen molar-refractivity contribution in [3.05, 3.63) is 46.0 Å². The number of hydrogen-bond acceptors (Lipinski definition) is 6. The van der Waals surface area contributed by atoms with Crippen molar-refractivity contribution in [3.8, 4) is 5.75 Å². The van der Waals surface area contributed by atoms with Gasteiger partial charge in [0.1, 0.15) is 11.4 Å². The lowest BCUT2D eigenvalue weighted by molar-refractivity contribution is 0.414. The van der Waals surface area contributed by atoms with Crippen molar-refractivity contribution < 1.29 is 4.74 Å². The number of hydrogen-bond donors (Lipinski definition) is 2. The summed E-state index contributed by atoms with van der Waals surface area (Å²) < 4.78 is 5.19. The first-order valence-corrected chi connectivity index (χ1v) is 5.56. The molecule has 0 unspecified atom stereocenters. The van der Waals surface area contributed by atoms with Crippen LogP contribution in [0.25, 0.3) is 0 Å². The van der Waals surface area contributed by atoms with Crippen LogP contribution in [0.5, 0.6) is 5.75 Å². The van der Waals surface area contributed by atoms with Gasteiger partial charge in [-0.2, -0.15) is 15.2 Å². The fourth-order valence-corrected chi connectivity index (χ4v) is 1.43. The lowest BCUT2D eigenvalue weighted by Gasteiger charge is -2.03. The third kappa shape index (κ3) is 3.15. The van der Waals surface area contributed by atoms with E-state index in [-0.39, 0.29) is 0 Å². The number of H-pyrrole nitrogens is 1. The van der Waals surface area contributed by atoms with Gasteiger partial charge in [0.15, 0.2) is 5.82 Å². The number of anilines is 1. The lowest BCUT2D eigenvalue weighted by atomic mass is 10.2. The lowest BCUT2D eigenvalue weighted by Crippen LogP contribution is -2.15. The highest BCUT2D eigenvalue weighted by molar-refractivity contribution is 5.83. The summed E-state index contributed by atoms with van der Waals surface area (Å²) in [5.41, 5.74) is 3.51. The summed E-state index contributed by atoms with van der Waals surface area (Å²) in [7, 11) is 1.59. The van der Waals surface area contributed by atoms with E-state index in [1.165, 1.54) is 0 Å². The van der Waals surface area contributed by atoms with Crippen molar-refractivity contribution in [2.75, 3.05) is 12.5 Å². The molecule has 0 atom stereocenters. The predicted molar refractivity (Wildman–Crippen MR) is 71.6 cm³/mol. The molecular formula is C12H13N5O2. The molecule has 0 bridgehead atoms. The van der Waals surface area contributed by atoms with Crippen LogP contribution in [0.15, 0.2) is 34.2 Å². The molecule has 0 fully saturated rings. The van der Waals surface area contributed by atoms with E-state index in [1.807, 2.05) is 24.3 Å². The van der Waals surface area contributed by atoms with E-state index in [9.17, 15) is 4.79 Å². The smallest absolute Gasteiger partial charge is 0.363 e. The maximum absolute atomic E-state index is 11.0. The second-order valence-corrected chi connectivity index (χ2v) is 3.69. The van der Waals surface area contributed by atoms with Gasteiger partial charge in [0, 0.05) is 5.56 Å². The second-order valence-electron chi connectivity index (χ2n) is 3.69. The van der Waals surface area contributed by atoms with Crippen LogP contribution in [0, 0.1) is 6.92 Å². The molecule has 98 valence electrons. The standard InChI is InChI=1S/C12H13N5O2/c1-8-11(14-12(18)17-15-8)16-13-7-9-5-3-4-6-10(9)19-2/h3-7H,1-2H3,(H2,14,16,17,18). The maximum Gasteiger partial charge on any atom is 0.363 e. The highest BCUT2D eigenvalue weighted by Crippen LogP contribution is 2.14. The summed E-state index contributed by atoms with van der Waals surface area (Å²) in [4.78, 5) is 14.8. The molecule has 2 rings (SSSR count). The van der Waals surface area contributed by atoms with E-state index in [0.717, 1.165) is 5.56 Å². The number of para-hydroxylation sites is 1. The first-order chi connectivity index (χ1) is 9.20. The minimum absolute atomic E-state index is 0.315. The van der Waals surface area contributed by atoms with Gasteiger partial charge in [-0.1, -0.05) is 12.1 Å². The van der Waals surface area contributed by atoms with Gasteiger partial charge >= 0.3 is 5.69 Å². The van der Waals surface area contributed by atoms with Crippen LogP contribution in [0.3, 0.4) is 0 Å². The molecular weight excluding hydrogens is 246 g/mol. The molecule has 0 aliphatic rings. The Balaban J connectivity index is 2.16. The zero-order chi connectivity index (χ0) is 13.7. The summed E-state index contributed by atoms with van der Waals surface area (Å²) in [6.45, 7) is 1.71. The Hall–Kier alpha value is -2.70. The van der Waals surface area contributed by atoms with Gasteiger partial charge < -0.3 is 4.74 Å². The number of aryl methyl sites for hydroxylation is 1. The van der Waals surface area contributed by atoms with Gasteiger partial charge in [-0.15, -0.1) is 0 Å². The first-order valence-electron chi connectivity index (χ1n) is 5.56. The molecule has 7 heteroatoms. The van der Waals surface area contributed by atoms with E-state index in [2.05, 4.69) is 25.7 Å². The topological polar surface area (TPSA) is 92.3 Å².